The van der Waals surface area contributed by atoms with Gasteiger partial charge in [-0.05, 0) is 25.0 Å². The Kier molecular flexibility index (Phi) is 3.67. The Morgan fingerprint density at radius 3 is 2.94 bits per heavy atom. The first-order valence-corrected chi connectivity index (χ1v) is 6.08. The third kappa shape index (κ3) is 2.78. The molecule has 0 aliphatic heterocycles. The van der Waals surface area contributed by atoms with Crippen molar-refractivity contribution in [2.75, 3.05) is 25.6 Å². The number of nitrogens with zero attached hydrogens (tertiary/aromatic N) is 1. The second-order valence-corrected chi connectivity index (χ2v) is 4.64. The van der Waals surface area contributed by atoms with Gasteiger partial charge in [0, 0.05) is 37.7 Å². The molecule has 0 spiro atoms. The molecule has 0 bridgehead atoms. The maximum Gasteiger partial charge on any atom is 0.137 e. The molecule has 3 heteroatoms. The maximum atomic E-state index is 11.6. The van der Waals surface area contributed by atoms with Gasteiger partial charge >= 0.3 is 0 Å². The Labute approximate surface area is 102 Å². The van der Waals surface area contributed by atoms with Crippen LogP contribution in [0, 0.1) is 5.92 Å². The predicted octanol–water partition coefficient (Wildman–Crippen LogP) is 2.50. The largest absolute Gasteiger partial charge is 0.497 e. The second-order valence-electron chi connectivity index (χ2n) is 4.64. The summed E-state index contributed by atoms with van der Waals surface area (Å²) in [7, 11) is 3.69. The van der Waals surface area contributed by atoms with Gasteiger partial charge in [0.25, 0.3) is 0 Å². The molecular formula is C14H19NO2. The Morgan fingerprint density at radius 2 is 2.29 bits per heavy atom. The van der Waals surface area contributed by atoms with E-state index < -0.39 is 0 Å². The van der Waals surface area contributed by atoms with E-state index in [1.165, 1.54) is 0 Å². The van der Waals surface area contributed by atoms with E-state index in [4.69, 9.17) is 4.74 Å². The number of hydrogen-bond acceptors (Lipinski definition) is 3. The predicted molar refractivity (Wildman–Crippen MR) is 68.6 cm³/mol. The average molecular weight is 233 g/mol. The molecule has 0 radical (unpaired) electrons. The lowest BCUT2D eigenvalue weighted by molar-refractivity contribution is -0.120. The fourth-order valence-corrected chi connectivity index (χ4v) is 2.36. The fraction of sp³-hybridized carbons (Fsp3) is 0.500. The normalized spacial score (nSPS) is 19.4. The molecule has 0 aromatic heterocycles. The van der Waals surface area contributed by atoms with Crippen molar-refractivity contribution in [1.29, 1.82) is 0 Å². The van der Waals surface area contributed by atoms with E-state index in [-0.39, 0.29) is 5.92 Å². The van der Waals surface area contributed by atoms with Crippen molar-refractivity contribution in [3.63, 3.8) is 0 Å². The molecule has 92 valence electrons. The third-order valence-corrected chi connectivity index (χ3v) is 3.42. The number of anilines is 1. The van der Waals surface area contributed by atoms with E-state index in [0.29, 0.717) is 5.78 Å². The van der Waals surface area contributed by atoms with Crippen molar-refractivity contribution in [1.82, 2.24) is 0 Å². The summed E-state index contributed by atoms with van der Waals surface area (Å²) in [5.74, 6) is 1.48. The summed E-state index contributed by atoms with van der Waals surface area (Å²) in [6, 6.07) is 7.95. The first kappa shape index (κ1) is 12.0. The molecule has 1 aliphatic carbocycles. The van der Waals surface area contributed by atoms with Crippen LogP contribution in [0.4, 0.5) is 5.69 Å². The molecule has 0 amide bonds. The molecule has 1 saturated carbocycles. The molecule has 1 aliphatic rings. The van der Waals surface area contributed by atoms with Gasteiger partial charge in [0.15, 0.2) is 0 Å². The highest BCUT2D eigenvalue weighted by atomic mass is 16.5. The minimum atomic E-state index is 0.214. The van der Waals surface area contributed by atoms with Gasteiger partial charge in [-0.15, -0.1) is 0 Å². The summed E-state index contributed by atoms with van der Waals surface area (Å²) >= 11 is 0. The van der Waals surface area contributed by atoms with E-state index in [2.05, 4.69) is 4.90 Å². The molecule has 0 N–H and O–H groups in total. The van der Waals surface area contributed by atoms with Crippen molar-refractivity contribution in [2.24, 2.45) is 5.92 Å². The number of methoxy groups -OCH3 is 1. The van der Waals surface area contributed by atoms with Crippen LogP contribution in [-0.4, -0.2) is 26.5 Å². The molecule has 0 saturated heterocycles. The number of carbonyl (C=O) groups is 1. The van der Waals surface area contributed by atoms with Crippen LogP contribution in [0.3, 0.4) is 0 Å². The Bertz CT molecular complexity index is 403. The van der Waals surface area contributed by atoms with Crippen LogP contribution in [0.1, 0.15) is 19.3 Å². The van der Waals surface area contributed by atoms with Crippen LogP contribution in [-0.2, 0) is 4.79 Å². The molecular weight excluding hydrogens is 214 g/mol. The van der Waals surface area contributed by atoms with E-state index in [0.717, 1.165) is 37.2 Å². The van der Waals surface area contributed by atoms with E-state index in [1.807, 2.05) is 31.3 Å². The highest BCUT2D eigenvalue weighted by Gasteiger charge is 2.25. The molecule has 1 atom stereocenters. The molecule has 0 heterocycles. The van der Waals surface area contributed by atoms with Crippen LogP contribution in [0.15, 0.2) is 24.3 Å². The molecule has 1 aromatic carbocycles. The van der Waals surface area contributed by atoms with Crippen molar-refractivity contribution in [3.8, 4) is 5.75 Å². The number of ketones is 1. The number of hydrogen-bond donors (Lipinski definition) is 0. The average Bonchev–Trinajstić information content (AvgIpc) is 2.75. The van der Waals surface area contributed by atoms with E-state index in [9.17, 15) is 4.79 Å². The highest BCUT2D eigenvalue weighted by molar-refractivity contribution is 5.83. The number of rotatable bonds is 4. The van der Waals surface area contributed by atoms with Gasteiger partial charge in [-0.1, -0.05) is 6.07 Å². The zero-order valence-corrected chi connectivity index (χ0v) is 10.5. The minimum absolute atomic E-state index is 0.214. The summed E-state index contributed by atoms with van der Waals surface area (Å²) in [4.78, 5) is 13.7. The number of ether oxygens (including phenoxy) is 1. The van der Waals surface area contributed by atoms with Crippen molar-refractivity contribution < 1.29 is 9.53 Å². The fourth-order valence-electron chi connectivity index (χ4n) is 2.36. The lowest BCUT2D eigenvalue weighted by Gasteiger charge is -2.22. The molecule has 1 fully saturated rings. The van der Waals surface area contributed by atoms with E-state index in [1.54, 1.807) is 7.11 Å². The van der Waals surface area contributed by atoms with E-state index >= 15 is 0 Å². The smallest absolute Gasteiger partial charge is 0.137 e. The summed E-state index contributed by atoms with van der Waals surface area (Å²) in [6.07, 6.45) is 2.85. The van der Waals surface area contributed by atoms with Crippen molar-refractivity contribution in [2.45, 2.75) is 19.3 Å². The van der Waals surface area contributed by atoms with Gasteiger partial charge < -0.3 is 9.64 Å². The first-order valence-electron chi connectivity index (χ1n) is 6.08. The Morgan fingerprint density at radius 1 is 1.47 bits per heavy atom. The van der Waals surface area contributed by atoms with Crippen LogP contribution in [0.2, 0.25) is 0 Å². The monoisotopic (exact) mass is 233 g/mol. The SMILES string of the molecule is COc1cccc(N(C)CC2CCCC2=O)c1. The quantitative estimate of drug-likeness (QED) is 0.800. The number of benzene rings is 1. The standard InChI is InChI=1S/C14H19NO2/c1-15(10-11-5-3-8-14(11)16)12-6-4-7-13(9-12)17-2/h4,6-7,9,11H,3,5,8,10H2,1-2H3. The van der Waals surface area contributed by atoms with Crippen LogP contribution in [0.5, 0.6) is 5.75 Å². The van der Waals surface area contributed by atoms with Gasteiger partial charge in [-0.25, -0.2) is 0 Å². The minimum Gasteiger partial charge on any atom is -0.497 e. The zero-order valence-electron chi connectivity index (χ0n) is 10.5. The summed E-state index contributed by atoms with van der Waals surface area (Å²) in [5.41, 5.74) is 1.10. The second kappa shape index (κ2) is 5.21. The summed E-state index contributed by atoms with van der Waals surface area (Å²) < 4.78 is 5.20. The maximum absolute atomic E-state index is 11.6. The summed E-state index contributed by atoms with van der Waals surface area (Å²) in [6.45, 7) is 0.812. The van der Waals surface area contributed by atoms with Crippen LogP contribution in [0.25, 0.3) is 0 Å². The Balaban J connectivity index is 2.03. The van der Waals surface area contributed by atoms with Gasteiger partial charge in [0.05, 0.1) is 7.11 Å². The third-order valence-electron chi connectivity index (χ3n) is 3.42. The lowest BCUT2D eigenvalue weighted by Crippen LogP contribution is -2.27. The van der Waals surface area contributed by atoms with Crippen molar-refractivity contribution >= 4 is 11.5 Å². The molecule has 1 unspecified atom stereocenters. The zero-order chi connectivity index (χ0) is 12.3. The molecule has 2 rings (SSSR count). The van der Waals surface area contributed by atoms with Gasteiger partial charge in [0.2, 0.25) is 0 Å². The van der Waals surface area contributed by atoms with Gasteiger partial charge in [-0.2, -0.15) is 0 Å². The Hall–Kier alpha value is -1.51. The first-order chi connectivity index (χ1) is 8.20. The van der Waals surface area contributed by atoms with Gasteiger partial charge in [-0.3, -0.25) is 4.79 Å². The van der Waals surface area contributed by atoms with Crippen molar-refractivity contribution in [3.05, 3.63) is 24.3 Å². The topological polar surface area (TPSA) is 29.5 Å². The summed E-state index contributed by atoms with van der Waals surface area (Å²) in [5, 5.41) is 0. The van der Waals surface area contributed by atoms with Crippen LogP contribution < -0.4 is 9.64 Å². The molecule has 1 aromatic rings. The van der Waals surface area contributed by atoms with Gasteiger partial charge in [0.1, 0.15) is 11.5 Å². The molecule has 3 nitrogen and oxygen atoms in total. The van der Waals surface area contributed by atoms with Crippen LogP contribution >= 0.6 is 0 Å². The number of carbonyl (C=O) groups excluding carboxylic acids is 1. The number of Topliss-reactive ketones (excluding diaryl/α,β-unsaturated/α-hetero) is 1. The lowest BCUT2D eigenvalue weighted by atomic mass is 10.1. The highest BCUT2D eigenvalue weighted by Crippen LogP contribution is 2.25. The molecule has 17 heavy (non-hydrogen) atoms.